The fourth-order valence-corrected chi connectivity index (χ4v) is 3.06. The predicted molar refractivity (Wildman–Crippen MR) is 78.6 cm³/mol. The van der Waals surface area contributed by atoms with Crippen molar-refractivity contribution in [2.45, 2.75) is 30.8 Å². The van der Waals surface area contributed by atoms with Gasteiger partial charge in [0, 0.05) is 35.1 Å². The zero-order valence-corrected chi connectivity index (χ0v) is 12.0. The van der Waals surface area contributed by atoms with Crippen molar-refractivity contribution in [2.75, 3.05) is 24.6 Å². The molecule has 19 heavy (non-hydrogen) atoms. The number of nitrogen functional groups attached to an aromatic ring is 1. The van der Waals surface area contributed by atoms with Crippen LogP contribution in [0.2, 0.25) is 0 Å². The lowest BCUT2D eigenvalue weighted by Gasteiger charge is -2.11. The lowest BCUT2D eigenvalue weighted by atomic mass is 10.2. The van der Waals surface area contributed by atoms with E-state index in [1.807, 2.05) is 19.1 Å². The Morgan fingerprint density at radius 1 is 1.58 bits per heavy atom. The van der Waals surface area contributed by atoms with Crippen LogP contribution in [0.5, 0.6) is 0 Å². The van der Waals surface area contributed by atoms with Gasteiger partial charge in [-0.05, 0) is 38.0 Å². The third-order valence-corrected chi connectivity index (χ3v) is 4.28. The van der Waals surface area contributed by atoms with E-state index in [0.29, 0.717) is 23.9 Å². The number of nitrogens with two attached hydrogens (primary N) is 1. The molecular formula is C14H20N2O2S. The molecule has 4 nitrogen and oxygen atoms in total. The molecule has 1 amide bonds. The van der Waals surface area contributed by atoms with E-state index < -0.39 is 0 Å². The van der Waals surface area contributed by atoms with Crippen LogP contribution < -0.4 is 11.1 Å². The zero-order chi connectivity index (χ0) is 13.7. The molecule has 1 atom stereocenters. The maximum atomic E-state index is 11.7. The minimum atomic E-state index is -0.0788. The maximum Gasteiger partial charge on any atom is 0.251 e. The second-order valence-corrected chi connectivity index (χ2v) is 5.62. The molecule has 0 aliphatic carbocycles. The number of carbonyl (C=O) groups is 1. The van der Waals surface area contributed by atoms with Gasteiger partial charge in [-0.15, -0.1) is 11.8 Å². The molecule has 1 aromatic rings. The molecule has 5 heteroatoms. The van der Waals surface area contributed by atoms with Gasteiger partial charge in [-0.2, -0.15) is 0 Å². The highest BCUT2D eigenvalue weighted by atomic mass is 32.2. The summed E-state index contributed by atoms with van der Waals surface area (Å²) in [7, 11) is 0. The predicted octanol–water partition coefficient (Wildman–Crippen LogP) is 2.29. The number of rotatable bonds is 5. The molecule has 3 N–H and O–H groups in total. The van der Waals surface area contributed by atoms with Crippen LogP contribution >= 0.6 is 11.8 Å². The average molecular weight is 280 g/mol. The van der Waals surface area contributed by atoms with Gasteiger partial charge in [0.1, 0.15) is 0 Å². The Kier molecular flexibility index (Phi) is 5.10. The fourth-order valence-electron chi connectivity index (χ4n) is 2.04. The number of benzene rings is 1. The van der Waals surface area contributed by atoms with Crippen LogP contribution in [0.1, 0.15) is 30.1 Å². The van der Waals surface area contributed by atoms with Crippen LogP contribution in [0.25, 0.3) is 0 Å². The van der Waals surface area contributed by atoms with E-state index in [4.69, 9.17) is 10.5 Å². The summed E-state index contributed by atoms with van der Waals surface area (Å²) in [5.41, 5.74) is 7.27. The first-order valence-electron chi connectivity index (χ1n) is 6.63. The number of ether oxygens (including phenoxy) is 1. The van der Waals surface area contributed by atoms with Gasteiger partial charge in [0.2, 0.25) is 0 Å². The van der Waals surface area contributed by atoms with Crippen LogP contribution in [0.15, 0.2) is 23.1 Å². The Hall–Kier alpha value is -1.20. The van der Waals surface area contributed by atoms with Gasteiger partial charge in [0.05, 0.1) is 6.10 Å². The highest BCUT2D eigenvalue weighted by molar-refractivity contribution is 7.99. The summed E-state index contributed by atoms with van der Waals surface area (Å²) in [5, 5.41) is 2.76. The topological polar surface area (TPSA) is 64.3 Å². The molecule has 0 aromatic heterocycles. The number of nitrogens with one attached hydrogen (secondary N) is 1. The van der Waals surface area contributed by atoms with Crippen molar-refractivity contribution in [3.8, 4) is 0 Å². The number of thioether (sulfide) groups is 1. The molecule has 1 unspecified atom stereocenters. The van der Waals surface area contributed by atoms with Gasteiger partial charge in [-0.3, -0.25) is 4.79 Å². The van der Waals surface area contributed by atoms with Gasteiger partial charge in [-0.1, -0.05) is 0 Å². The first kappa shape index (κ1) is 14.2. The van der Waals surface area contributed by atoms with Crippen LogP contribution in [0.3, 0.4) is 0 Å². The first-order valence-corrected chi connectivity index (χ1v) is 7.61. The van der Waals surface area contributed by atoms with E-state index in [1.54, 1.807) is 17.8 Å². The minimum absolute atomic E-state index is 0.0788. The van der Waals surface area contributed by atoms with Crippen molar-refractivity contribution in [3.63, 3.8) is 0 Å². The maximum absolute atomic E-state index is 11.7. The van der Waals surface area contributed by atoms with Crippen LogP contribution in [0, 0.1) is 0 Å². The molecule has 0 saturated carbocycles. The number of hydrogen-bond acceptors (Lipinski definition) is 4. The van der Waals surface area contributed by atoms with Crippen LogP contribution in [-0.2, 0) is 4.74 Å². The lowest BCUT2D eigenvalue weighted by molar-refractivity contribution is 0.0956. The Morgan fingerprint density at radius 2 is 2.42 bits per heavy atom. The summed E-state index contributed by atoms with van der Waals surface area (Å²) >= 11 is 1.70. The standard InChI is InChI=1S/C14H20N2O2S/c1-2-16-14(17)10-5-6-13(12(15)8-10)19-9-11-4-3-7-18-11/h5-6,8,11H,2-4,7,9,15H2,1H3,(H,16,17). The van der Waals surface area contributed by atoms with Gasteiger partial charge >= 0.3 is 0 Å². The van der Waals surface area contributed by atoms with E-state index in [0.717, 1.165) is 30.1 Å². The summed E-state index contributed by atoms with van der Waals surface area (Å²) in [4.78, 5) is 12.7. The van der Waals surface area contributed by atoms with Crippen molar-refractivity contribution in [3.05, 3.63) is 23.8 Å². The molecule has 104 valence electrons. The summed E-state index contributed by atoms with van der Waals surface area (Å²) < 4.78 is 5.58. The lowest BCUT2D eigenvalue weighted by Crippen LogP contribution is -2.22. The monoisotopic (exact) mass is 280 g/mol. The third-order valence-electron chi connectivity index (χ3n) is 3.06. The van der Waals surface area contributed by atoms with E-state index in [-0.39, 0.29) is 5.91 Å². The molecule has 1 saturated heterocycles. The molecule has 1 heterocycles. The minimum Gasteiger partial charge on any atom is -0.398 e. The highest BCUT2D eigenvalue weighted by Crippen LogP contribution is 2.29. The van der Waals surface area contributed by atoms with Crippen molar-refractivity contribution >= 4 is 23.4 Å². The normalized spacial score (nSPS) is 18.5. The first-order chi connectivity index (χ1) is 9.20. The Morgan fingerprint density at radius 3 is 3.05 bits per heavy atom. The summed E-state index contributed by atoms with van der Waals surface area (Å²) in [5.74, 6) is 0.843. The molecule has 0 bridgehead atoms. The number of carbonyl (C=O) groups excluding carboxylic acids is 1. The van der Waals surface area contributed by atoms with Crippen molar-refractivity contribution in [1.29, 1.82) is 0 Å². The number of hydrogen-bond donors (Lipinski definition) is 2. The molecule has 1 aliphatic rings. The van der Waals surface area contributed by atoms with E-state index in [1.165, 1.54) is 0 Å². The number of amides is 1. The van der Waals surface area contributed by atoms with E-state index in [2.05, 4.69) is 5.32 Å². The Bertz CT molecular complexity index is 445. The molecular weight excluding hydrogens is 260 g/mol. The molecule has 0 radical (unpaired) electrons. The second-order valence-electron chi connectivity index (χ2n) is 4.56. The zero-order valence-electron chi connectivity index (χ0n) is 11.1. The number of anilines is 1. The van der Waals surface area contributed by atoms with E-state index in [9.17, 15) is 4.79 Å². The van der Waals surface area contributed by atoms with Crippen LogP contribution in [0.4, 0.5) is 5.69 Å². The Labute approximate surface area is 118 Å². The van der Waals surface area contributed by atoms with Gasteiger partial charge in [0.25, 0.3) is 5.91 Å². The largest absolute Gasteiger partial charge is 0.398 e. The third kappa shape index (κ3) is 3.88. The highest BCUT2D eigenvalue weighted by Gasteiger charge is 2.16. The van der Waals surface area contributed by atoms with Crippen molar-refractivity contribution in [1.82, 2.24) is 5.32 Å². The molecule has 1 aromatic carbocycles. The smallest absolute Gasteiger partial charge is 0.251 e. The van der Waals surface area contributed by atoms with Crippen molar-refractivity contribution in [2.24, 2.45) is 0 Å². The van der Waals surface area contributed by atoms with Crippen molar-refractivity contribution < 1.29 is 9.53 Å². The summed E-state index contributed by atoms with van der Waals surface area (Å²) in [6.07, 6.45) is 2.62. The Balaban J connectivity index is 1.96. The summed E-state index contributed by atoms with van der Waals surface area (Å²) in [6.45, 7) is 3.39. The summed E-state index contributed by atoms with van der Waals surface area (Å²) in [6, 6.07) is 5.47. The molecule has 1 fully saturated rings. The second kappa shape index (κ2) is 6.82. The SMILES string of the molecule is CCNC(=O)c1ccc(SCC2CCCO2)c(N)c1. The van der Waals surface area contributed by atoms with Gasteiger partial charge in [0.15, 0.2) is 0 Å². The van der Waals surface area contributed by atoms with Gasteiger partial charge in [-0.25, -0.2) is 0 Å². The van der Waals surface area contributed by atoms with Gasteiger partial charge < -0.3 is 15.8 Å². The van der Waals surface area contributed by atoms with E-state index >= 15 is 0 Å². The van der Waals surface area contributed by atoms with Crippen LogP contribution in [-0.4, -0.2) is 30.9 Å². The molecule has 2 rings (SSSR count). The molecule has 1 aliphatic heterocycles. The molecule has 0 spiro atoms. The quantitative estimate of drug-likeness (QED) is 0.641. The fraction of sp³-hybridized carbons (Fsp3) is 0.500. The average Bonchev–Trinajstić information content (AvgIpc) is 2.90.